The average Bonchev–Trinajstić information content (AvgIpc) is 2.32. The predicted molar refractivity (Wildman–Crippen MR) is 72.3 cm³/mol. The van der Waals surface area contributed by atoms with E-state index in [4.69, 9.17) is 0 Å². The second-order valence-corrected chi connectivity index (χ2v) is 4.51. The van der Waals surface area contributed by atoms with Crippen LogP contribution in [0, 0.1) is 6.92 Å². The van der Waals surface area contributed by atoms with E-state index < -0.39 is 0 Å². The first-order valence-corrected chi connectivity index (χ1v) is 6.21. The van der Waals surface area contributed by atoms with Crippen molar-refractivity contribution >= 4 is 11.6 Å². The maximum absolute atomic E-state index is 12.1. The molecule has 0 amide bonds. The van der Waals surface area contributed by atoms with E-state index in [1.807, 2.05) is 33.0 Å². The topological polar surface area (TPSA) is 22.0 Å². The van der Waals surface area contributed by atoms with Gasteiger partial charge in [0, 0.05) is 23.5 Å². The van der Waals surface area contributed by atoms with Crippen molar-refractivity contribution in [1.29, 1.82) is 0 Å². The van der Waals surface area contributed by atoms with E-state index in [-0.39, 0.29) is 5.43 Å². The molecule has 0 unspecified atom stereocenters. The molecule has 1 aliphatic heterocycles. The fraction of sp³-hybridized carbons (Fsp3) is 0.400. The molecule has 0 atom stereocenters. The van der Waals surface area contributed by atoms with Gasteiger partial charge in [0.1, 0.15) is 0 Å². The van der Waals surface area contributed by atoms with Gasteiger partial charge in [-0.2, -0.15) is 0 Å². The first-order valence-electron chi connectivity index (χ1n) is 6.21. The van der Waals surface area contributed by atoms with Crippen molar-refractivity contribution in [3.8, 4) is 0 Å². The minimum absolute atomic E-state index is 0.169. The Kier molecular flexibility index (Phi) is 3.32. The largest absolute Gasteiger partial charge is 0.347 e. The summed E-state index contributed by atoms with van der Waals surface area (Å²) in [5.74, 6) is 0. The van der Waals surface area contributed by atoms with E-state index in [1.54, 1.807) is 0 Å². The summed E-state index contributed by atoms with van der Waals surface area (Å²) in [6.07, 6.45) is 10.3. The van der Waals surface area contributed by atoms with Crippen molar-refractivity contribution < 1.29 is 0 Å². The van der Waals surface area contributed by atoms with Crippen LogP contribution in [-0.2, 0) is 6.54 Å². The molecule has 2 nitrogen and oxygen atoms in total. The van der Waals surface area contributed by atoms with Gasteiger partial charge in [-0.15, -0.1) is 0 Å². The standard InChI is InChI=1S/C15H19NO/c1-4-7-12-8-6-9-16-10-11(3)15(17)13(5-2)14(12)16/h4-5,7,10H,6,8-9H2,1-3H3/b7-4-,13-5+. The molecule has 2 heterocycles. The van der Waals surface area contributed by atoms with Gasteiger partial charge in [0.2, 0.25) is 0 Å². The summed E-state index contributed by atoms with van der Waals surface area (Å²) in [6.45, 7) is 6.87. The Balaban J connectivity index is 3.01. The first-order chi connectivity index (χ1) is 8.19. The first kappa shape index (κ1) is 11.9. The molecule has 90 valence electrons. The van der Waals surface area contributed by atoms with Crippen LogP contribution in [0.25, 0.3) is 11.6 Å². The SMILES string of the molecule is C/C=C\C1=c2c(=C\C)/c(=O)c(C)cn2CCC1. The quantitative estimate of drug-likeness (QED) is 0.715. The number of pyridine rings is 1. The number of rotatable bonds is 1. The van der Waals surface area contributed by atoms with Crippen molar-refractivity contribution in [3.63, 3.8) is 0 Å². The minimum Gasteiger partial charge on any atom is -0.347 e. The Labute approximate surface area is 102 Å². The molecule has 0 fully saturated rings. The highest BCUT2D eigenvalue weighted by atomic mass is 16.1. The van der Waals surface area contributed by atoms with Gasteiger partial charge in [-0.25, -0.2) is 0 Å². The highest BCUT2D eigenvalue weighted by Crippen LogP contribution is 2.10. The van der Waals surface area contributed by atoms with Gasteiger partial charge in [0.05, 0.1) is 5.35 Å². The zero-order valence-electron chi connectivity index (χ0n) is 10.8. The number of allylic oxidation sites excluding steroid dienone is 2. The molecule has 1 aromatic heterocycles. The van der Waals surface area contributed by atoms with Gasteiger partial charge in [-0.3, -0.25) is 4.79 Å². The second-order valence-electron chi connectivity index (χ2n) is 4.51. The van der Waals surface area contributed by atoms with Gasteiger partial charge < -0.3 is 4.57 Å². The molecule has 0 bridgehead atoms. The highest BCUT2D eigenvalue weighted by Gasteiger charge is 2.10. The molecule has 0 aliphatic carbocycles. The predicted octanol–water partition coefficient (Wildman–Crippen LogP) is 1.48. The lowest BCUT2D eigenvalue weighted by Gasteiger charge is -2.17. The number of aryl methyl sites for hydroxylation is 2. The summed E-state index contributed by atoms with van der Waals surface area (Å²) in [5.41, 5.74) is 2.29. The lowest BCUT2D eigenvalue weighted by Crippen LogP contribution is -2.48. The van der Waals surface area contributed by atoms with Crippen LogP contribution in [0.3, 0.4) is 0 Å². The Morgan fingerprint density at radius 1 is 1.35 bits per heavy atom. The highest BCUT2D eigenvalue weighted by molar-refractivity contribution is 5.56. The monoisotopic (exact) mass is 229 g/mol. The van der Waals surface area contributed by atoms with Crippen molar-refractivity contribution in [2.45, 2.75) is 40.2 Å². The summed E-state index contributed by atoms with van der Waals surface area (Å²) in [4.78, 5) is 12.1. The van der Waals surface area contributed by atoms with E-state index in [9.17, 15) is 4.79 Å². The van der Waals surface area contributed by atoms with Gasteiger partial charge in [-0.05, 0) is 39.2 Å². The molecule has 0 N–H and O–H groups in total. The van der Waals surface area contributed by atoms with E-state index in [1.165, 1.54) is 5.57 Å². The Morgan fingerprint density at radius 2 is 2.12 bits per heavy atom. The van der Waals surface area contributed by atoms with Crippen LogP contribution in [0.15, 0.2) is 23.1 Å². The maximum atomic E-state index is 12.1. The number of hydrogen-bond acceptors (Lipinski definition) is 1. The number of aromatic nitrogens is 1. The zero-order valence-corrected chi connectivity index (χ0v) is 10.8. The fourth-order valence-electron chi connectivity index (χ4n) is 2.55. The maximum Gasteiger partial charge on any atom is 0.191 e. The summed E-state index contributed by atoms with van der Waals surface area (Å²) < 4.78 is 2.23. The molecule has 2 heteroatoms. The van der Waals surface area contributed by atoms with Gasteiger partial charge in [-0.1, -0.05) is 18.2 Å². The molecule has 1 aliphatic rings. The van der Waals surface area contributed by atoms with Gasteiger partial charge in [0.25, 0.3) is 0 Å². The summed E-state index contributed by atoms with van der Waals surface area (Å²) >= 11 is 0. The van der Waals surface area contributed by atoms with Crippen molar-refractivity contribution in [2.75, 3.05) is 0 Å². The molecular weight excluding hydrogens is 210 g/mol. The smallest absolute Gasteiger partial charge is 0.191 e. The van der Waals surface area contributed by atoms with Crippen molar-refractivity contribution in [3.05, 3.63) is 44.7 Å². The third kappa shape index (κ3) is 1.99. The van der Waals surface area contributed by atoms with Crippen molar-refractivity contribution in [1.82, 2.24) is 4.57 Å². The summed E-state index contributed by atoms with van der Waals surface area (Å²) in [7, 11) is 0. The number of fused-ring (bicyclic) bond motifs is 1. The van der Waals surface area contributed by atoms with Crippen LogP contribution in [0.5, 0.6) is 0 Å². The van der Waals surface area contributed by atoms with Crippen LogP contribution in [0.1, 0.15) is 32.3 Å². The normalized spacial score (nSPS) is 16.6. The Bertz CT molecular complexity index is 632. The summed E-state index contributed by atoms with van der Waals surface area (Å²) in [6, 6.07) is 0. The molecule has 1 aromatic rings. The third-order valence-electron chi connectivity index (χ3n) is 3.30. The van der Waals surface area contributed by atoms with Gasteiger partial charge in [0.15, 0.2) is 5.43 Å². The minimum atomic E-state index is 0.169. The van der Waals surface area contributed by atoms with Crippen LogP contribution in [0.4, 0.5) is 0 Å². The van der Waals surface area contributed by atoms with Crippen LogP contribution in [-0.4, -0.2) is 4.57 Å². The average molecular weight is 229 g/mol. The van der Waals surface area contributed by atoms with Crippen molar-refractivity contribution in [2.24, 2.45) is 0 Å². The van der Waals surface area contributed by atoms with Gasteiger partial charge >= 0.3 is 0 Å². The molecule has 17 heavy (non-hydrogen) atoms. The Morgan fingerprint density at radius 3 is 2.76 bits per heavy atom. The zero-order chi connectivity index (χ0) is 12.4. The second kappa shape index (κ2) is 4.74. The molecule has 2 rings (SSSR count). The van der Waals surface area contributed by atoms with Crippen LogP contribution < -0.4 is 16.0 Å². The molecular formula is C15H19NO. The van der Waals surface area contributed by atoms with Crippen LogP contribution in [0.2, 0.25) is 0 Å². The molecule has 0 spiro atoms. The molecule has 0 radical (unpaired) electrons. The van der Waals surface area contributed by atoms with Crippen LogP contribution >= 0.6 is 0 Å². The molecule has 0 saturated carbocycles. The Hall–Kier alpha value is -1.57. The number of hydrogen-bond donors (Lipinski definition) is 0. The fourth-order valence-corrected chi connectivity index (χ4v) is 2.55. The van der Waals surface area contributed by atoms with E-state index in [0.717, 1.165) is 35.5 Å². The third-order valence-corrected chi connectivity index (χ3v) is 3.30. The molecule has 0 saturated heterocycles. The van der Waals surface area contributed by atoms with E-state index >= 15 is 0 Å². The molecule has 0 aromatic carbocycles. The number of nitrogens with zero attached hydrogens (tertiary/aromatic N) is 1. The summed E-state index contributed by atoms with van der Waals surface area (Å²) in [5, 5.41) is 1.98. The lowest BCUT2D eigenvalue weighted by molar-refractivity contribution is 0.600. The van der Waals surface area contributed by atoms with E-state index in [2.05, 4.69) is 16.7 Å². The van der Waals surface area contributed by atoms with E-state index in [0.29, 0.717) is 0 Å². The lowest BCUT2D eigenvalue weighted by atomic mass is 10.0.